The molecule has 1 atom stereocenters. The molecule has 0 amide bonds. The fourth-order valence-corrected chi connectivity index (χ4v) is 3.18. The summed E-state index contributed by atoms with van der Waals surface area (Å²) in [6.07, 6.45) is 12.5. The standard InChI is InChI=1S/C25H38N2O2/c1-4-6-7-13-18-28-23-20-26-25(27-24(23)22-16-11-8-12-17-22)29-19-14-9-10-15-21(3)5-2/h8,11-12,16-17,20-21H,4-7,9-10,13-15,18-19H2,1-3H3. The van der Waals surface area contributed by atoms with Crippen molar-refractivity contribution in [1.29, 1.82) is 0 Å². The first-order valence-electron chi connectivity index (χ1n) is 11.4. The molecule has 0 bridgehead atoms. The van der Waals surface area contributed by atoms with Crippen LogP contribution in [0.4, 0.5) is 0 Å². The molecular formula is C25H38N2O2. The van der Waals surface area contributed by atoms with Gasteiger partial charge in [-0.05, 0) is 18.8 Å². The van der Waals surface area contributed by atoms with Crippen LogP contribution in [0.15, 0.2) is 36.5 Å². The molecule has 0 N–H and O–H groups in total. The molecule has 4 heteroatoms. The zero-order valence-corrected chi connectivity index (χ0v) is 18.5. The Bertz CT molecular complexity index is 676. The molecule has 0 aliphatic heterocycles. The lowest BCUT2D eigenvalue weighted by atomic mass is 10.0. The Kier molecular flexibility index (Phi) is 11.2. The normalized spacial score (nSPS) is 12.0. The molecule has 1 unspecified atom stereocenters. The first-order chi connectivity index (χ1) is 14.2. The molecular weight excluding hydrogens is 360 g/mol. The van der Waals surface area contributed by atoms with Gasteiger partial charge in [0.1, 0.15) is 5.69 Å². The van der Waals surface area contributed by atoms with Crippen molar-refractivity contribution in [2.24, 2.45) is 5.92 Å². The van der Waals surface area contributed by atoms with Gasteiger partial charge in [0.2, 0.25) is 0 Å². The zero-order valence-electron chi connectivity index (χ0n) is 18.5. The Morgan fingerprint density at radius 3 is 2.31 bits per heavy atom. The van der Waals surface area contributed by atoms with E-state index in [1.54, 1.807) is 6.20 Å². The molecule has 1 aromatic carbocycles. The third kappa shape index (κ3) is 8.84. The van der Waals surface area contributed by atoms with Crippen LogP contribution in [0.2, 0.25) is 0 Å². The lowest BCUT2D eigenvalue weighted by Crippen LogP contribution is -2.05. The van der Waals surface area contributed by atoms with Crippen LogP contribution in [0.25, 0.3) is 11.3 Å². The highest BCUT2D eigenvalue weighted by molar-refractivity contribution is 5.65. The van der Waals surface area contributed by atoms with Crippen molar-refractivity contribution in [3.63, 3.8) is 0 Å². The maximum atomic E-state index is 6.00. The topological polar surface area (TPSA) is 44.2 Å². The summed E-state index contributed by atoms with van der Waals surface area (Å²) in [5.41, 5.74) is 1.83. The average molecular weight is 399 g/mol. The van der Waals surface area contributed by atoms with Crippen LogP contribution in [0.3, 0.4) is 0 Å². The Morgan fingerprint density at radius 1 is 0.862 bits per heavy atom. The maximum absolute atomic E-state index is 6.00. The highest BCUT2D eigenvalue weighted by atomic mass is 16.5. The number of unbranched alkanes of at least 4 members (excludes halogenated alkanes) is 5. The molecule has 0 aliphatic rings. The summed E-state index contributed by atoms with van der Waals surface area (Å²) in [5.74, 6) is 1.55. The van der Waals surface area contributed by atoms with Gasteiger partial charge in [0.15, 0.2) is 5.75 Å². The van der Waals surface area contributed by atoms with E-state index in [1.807, 2.05) is 30.3 Å². The number of aromatic nitrogens is 2. The third-order valence-electron chi connectivity index (χ3n) is 5.31. The molecule has 0 radical (unpaired) electrons. The van der Waals surface area contributed by atoms with E-state index in [1.165, 1.54) is 44.9 Å². The molecule has 1 heterocycles. The maximum Gasteiger partial charge on any atom is 0.317 e. The fourth-order valence-electron chi connectivity index (χ4n) is 3.18. The largest absolute Gasteiger partial charge is 0.490 e. The van der Waals surface area contributed by atoms with Gasteiger partial charge in [0.25, 0.3) is 0 Å². The Hall–Kier alpha value is -2.10. The molecule has 0 saturated carbocycles. The van der Waals surface area contributed by atoms with Gasteiger partial charge < -0.3 is 9.47 Å². The first-order valence-corrected chi connectivity index (χ1v) is 11.4. The van der Waals surface area contributed by atoms with E-state index in [4.69, 9.17) is 9.47 Å². The molecule has 2 rings (SSSR count). The predicted octanol–water partition coefficient (Wildman–Crippen LogP) is 7.09. The fraction of sp³-hybridized carbons (Fsp3) is 0.600. The number of ether oxygens (including phenoxy) is 2. The molecule has 0 spiro atoms. The zero-order chi connectivity index (χ0) is 20.7. The Labute approximate surface area is 177 Å². The van der Waals surface area contributed by atoms with Gasteiger partial charge >= 0.3 is 6.01 Å². The highest BCUT2D eigenvalue weighted by Gasteiger charge is 2.12. The first kappa shape index (κ1) is 23.2. The van der Waals surface area contributed by atoms with Crippen LogP contribution in [0, 0.1) is 5.92 Å². The SMILES string of the molecule is CCCCCCOc1cnc(OCCCCCC(C)CC)nc1-c1ccccc1. The summed E-state index contributed by atoms with van der Waals surface area (Å²) < 4.78 is 11.8. The molecule has 160 valence electrons. The van der Waals surface area contributed by atoms with E-state index in [2.05, 4.69) is 30.7 Å². The van der Waals surface area contributed by atoms with E-state index in [0.29, 0.717) is 19.2 Å². The minimum absolute atomic E-state index is 0.434. The molecule has 0 aliphatic carbocycles. The molecule has 1 aromatic heterocycles. The van der Waals surface area contributed by atoms with Crippen molar-refractivity contribution >= 4 is 0 Å². The van der Waals surface area contributed by atoms with Crippen molar-refractivity contribution in [3.8, 4) is 23.0 Å². The summed E-state index contributed by atoms with van der Waals surface area (Å²) in [6, 6.07) is 10.6. The van der Waals surface area contributed by atoms with E-state index in [0.717, 1.165) is 35.8 Å². The van der Waals surface area contributed by atoms with E-state index in [-0.39, 0.29) is 0 Å². The summed E-state index contributed by atoms with van der Waals surface area (Å²) in [4.78, 5) is 9.04. The van der Waals surface area contributed by atoms with Gasteiger partial charge in [-0.15, -0.1) is 0 Å². The lowest BCUT2D eigenvalue weighted by Gasteiger charge is -2.12. The summed E-state index contributed by atoms with van der Waals surface area (Å²) in [7, 11) is 0. The van der Waals surface area contributed by atoms with Crippen LogP contribution in [0.5, 0.6) is 11.8 Å². The number of hydrogen-bond donors (Lipinski definition) is 0. The van der Waals surface area contributed by atoms with Crippen LogP contribution in [0.1, 0.15) is 78.6 Å². The summed E-state index contributed by atoms with van der Waals surface area (Å²) >= 11 is 0. The van der Waals surface area contributed by atoms with Crippen molar-refractivity contribution in [3.05, 3.63) is 36.5 Å². The molecule has 29 heavy (non-hydrogen) atoms. The monoisotopic (exact) mass is 398 g/mol. The highest BCUT2D eigenvalue weighted by Crippen LogP contribution is 2.29. The van der Waals surface area contributed by atoms with Gasteiger partial charge in [-0.1, -0.05) is 96.0 Å². The number of hydrogen-bond acceptors (Lipinski definition) is 4. The smallest absolute Gasteiger partial charge is 0.317 e. The second kappa shape index (κ2) is 14.0. The molecule has 0 fully saturated rings. The third-order valence-corrected chi connectivity index (χ3v) is 5.31. The van der Waals surface area contributed by atoms with E-state index < -0.39 is 0 Å². The van der Waals surface area contributed by atoms with Gasteiger partial charge in [0, 0.05) is 5.56 Å². The summed E-state index contributed by atoms with van der Waals surface area (Å²) in [6.45, 7) is 8.15. The van der Waals surface area contributed by atoms with Gasteiger partial charge in [-0.2, -0.15) is 9.97 Å². The van der Waals surface area contributed by atoms with Crippen LogP contribution in [-0.2, 0) is 0 Å². The Balaban J connectivity index is 1.91. The van der Waals surface area contributed by atoms with Crippen molar-refractivity contribution in [2.75, 3.05) is 13.2 Å². The van der Waals surface area contributed by atoms with Crippen LogP contribution in [-0.4, -0.2) is 23.2 Å². The van der Waals surface area contributed by atoms with Gasteiger partial charge in [0.05, 0.1) is 19.4 Å². The number of benzene rings is 1. The Morgan fingerprint density at radius 2 is 1.59 bits per heavy atom. The quantitative estimate of drug-likeness (QED) is 0.300. The minimum Gasteiger partial charge on any atom is -0.490 e. The predicted molar refractivity (Wildman–Crippen MR) is 121 cm³/mol. The average Bonchev–Trinajstić information content (AvgIpc) is 2.77. The second-order valence-electron chi connectivity index (χ2n) is 7.85. The van der Waals surface area contributed by atoms with E-state index >= 15 is 0 Å². The number of nitrogens with zero attached hydrogens (tertiary/aromatic N) is 2. The second-order valence-corrected chi connectivity index (χ2v) is 7.85. The van der Waals surface area contributed by atoms with Gasteiger partial charge in [-0.25, -0.2) is 0 Å². The molecule has 4 nitrogen and oxygen atoms in total. The van der Waals surface area contributed by atoms with Crippen molar-refractivity contribution in [1.82, 2.24) is 9.97 Å². The lowest BCUT2D eigenvalue weighted by molar-refractivity contribution is 0.274. The van der Waals surface area contributed by atoms with Crippen molar-refractivity contribution in [2.45, 2.75) is 78.6 Å². The summed E-state index contributed by atoms with van der Waals surface area (Å²) in [5, 5.41) is 0. The molecule has 2 aromatic rings. The van der Waals surface area contributed by atoms with Gasteiger partial charge in [-0.3, -0.25) is 0 Å². The molecule has 0 saturated heterocycles. The number of rotatable bonds is 15. The van der Waals surface area contributed by atoms with Crippen LogP contribution < -0.4 is 9.47 Å². The van der Waals surface area contributed by atoms with Crippen LogP contribution >= 0.6 is 0 Å². The van der Waals surface area contributed by atoms with E-state index in [9.17, 15) is 0 Å². The minimum atomic E-state index is 0.434. The van der Waals surface area contributed by atoms with Crippen molar-refractivity contribution < 1.29 is 9.47 Å².